The van der Waals surface area contributed by atoms with Gasteiger partial charge in [-0.15, -0.1) is 0 Å². The molecule has 0 saturated carbocycles. The third-order valence-corrected chi connectivity index (χ3v) is 7.69. The van der Waals surface area contributed by atoms with Crippen LogP contribution in [0.25, 0.3) is 0 Å². The van der Waals surface area contributed by atoms with Crippen LogP contribution in [0.3, 0.4) is 0 Å². The highest BCUT2D eigenvalue weighted by Gasteiger charge is 2.34. The third kappa shape index (κ3) is 7.32. The van der Waals surface area contributed by atoms with E-state index < -0.39 is 18.2 Å². The van der Waals surface area contributed by atoms with E-state index in [1.807, 2.05) is 6.92 Å². The second-order valence-corrected chi connectivity index (χ2v) is 11.0. The third-order valence-electron chi connectivity index (χ3n) is 7.69. The van der Waals surface area contributed by atoms with Crippen LogP contribution in [0, 0.1) is 5.92 Å². The van der Waals surface area contributed by atoms with Crippen molar-refractivity contribution in [3.05, 3.63) is 66.2 Å². The van der Waals surface area contributed by atoms with Gasteiger partial charge in [0.1, 0.15) is 17.6 Å². The van der Waals surface area contributed by atoms with Crippen LogP contribution < -0.4 is 34.9 Å². The number of ether oxygens (including phenoxy) is 4. The van der Waals surface area contributed by atoms with Gasteiger partial charge < -0.3 is 49.8 Å². The number of aliphatic hydroxyl groups excluding tert-OH is 1. The summed E-state index contributed by atoms with van der Waals surface area (Å²) in [7, 11) is 3.22. The van der Waals surface area contributed by atoms with E-state index in [4.69, 9.17) is 18.9 Å². The number of fused-ring (bicyclic) bond motifs is 2. The zero-order chi connectivity index (χ0) is 32.1. The number of aliphatic hydroxyl groups is 1. The number of methoxy groups -OCH3 is 1. The van der Waals surface area contributed by atoms with Crippen LogP contribution in [0.15, 0.2) is 60.7 Å². The molecule has 0 spiro atoms. The summed E-state index contributed by atoms with van der Waals surface area (Å²) < 4.78 is 22.3. The summed E-state index contributed by atoms with van der Waals surface area (Å²) in [4.78, 5) is 42.7. The van der Waals surface area contributed by atoms with Gasteiger partial charge in [0.2, 0.25) is 6.79 Å². The molecule has 3 aromatic rings. The number of rotatable bonds is 8. The van der Waals surface area contributed by atoms with Gasteiger partial charge in [0.25, 0.3) is 5.91 Å². The Morgan fingerprint density at radius 2 is 1.62 bits per heavy atom. The molecule has 13 heteroatoms. The molecule has 0 radical (unpaired) electrons. The van der Waals surface area contributed by atoms with Gasteiger partial charge in [0, 0.05) is 42.6 Å². The number of amides is 5. The topological polar surface area (TPSA) is 151 Å². The molecule has 2 heterocycles. The molecule has 0 fully saturated rings. The van der Waals surface area contributed by atoms with Crippen LogP contribution in [0.1, 0.15) is 24.2 Å². The van der Waals surface area contributed by atoms with E-state index >= 15 is 0 Å². The normalized spacial score (nSPS) is 17.6. The van der Waals surface area contributed by atoms with E-state index in [-0.39, 0.29) is 49.9 Å². The lowest BCUT2D eigenvalue weighted by molar-refractivity contribution is 0.0371. The van der Waals surface area contributed by atoms with E-state index in [0.717, 1.165) is 0 Å². The van der Waals surface area contributed by atoms with E-state index in [9.17, 15) is 19.5 Å². The summed E-state index contributed by atoms with van der Waals surface area (Å²) in [5.74, 6) is 1.59. The number of nitrogens with one attached hydrogen (secondary N) is 3. The second-order valence-electron chi connectivity index (χ2n) is 11.0. The van der Waals surface area contributed by atoms with Crippen molar-refractivity contribution < 1.29 is 38.4 Å². The molecule has 3 atom stereocenters. The summed E-state index contributed by atoms with van der Waals surface area (Å²) >= 11 is 0. The summed E-state index contributed by atoms with van der Waals surface area (Å²) in [5.41, 5.74) is 1.71. The van der Waals surface area contributed by atoms with Crippen molar-refractivity contribution in [2.24, 2.45) is 5.92 Å². The van der Waals surface area contributed by atoms with Crippen LogP contribution in [-0.2, 0) is 0 Å². The van der Waals surface area contributed by atoms with Crippen molar-refractivity contribution in [2.75, 3.05) is 56.6 Å². The molecule has 238 valence electrons. The number of benzene rings is 3. The van der Waals surface area contributed by atoms with Gasteiger partial charge in [-0.2, -0.15) is 0 Å². The minimum absolute atomic E-state index is 0.133. The molecule has 13 nitrogen and oxygen atoms in total. The molecule has 4 N–H and O–H groups in total. The van der Waals surface area contributed by atoms with Crippen LogP contribution in [0.5, 0.6) is 23.0 Å². The summed E-state index contributed by atoms with van der Waals surface area (Å²) in [5, 5.41) is 18.3. The lowest BCUT2D eigenvalue weighted by Gasteiger charge is -2.38. The maximum absolute atomic E-state index is 13.7. The Morgan fingerprint density at radius 1 is 0.978 bits per heavy atom. The Balaban J connectivity index is 1.32. The summed E-state index contributed by atoms with van der Waals surface area (Å²) in [6.07, 6.45) is -0.505. The van der Waals surface area contributed by atoms with Crippen LogP contribution in [-0.4, -0.2) is 85.7 Å². The van der Waals surface area contributed by atoms with E-state index in [0.29, 0.717) is 40.1 Å². The van der Waals surface area contributed by atoms with E-state index in [1.165, 1.54) is 4.90 Å². The maximum atomic E-state index is 13.7. The fourth-order valence-electron chi connectivity index (χ4n) is 5.03. The number of hydrogen-bond donors (Lipinski definition) is 4. The van der Waals surface area contributed by atoms with E-state index in [1.54, 1.807) is 86.6 Å². The van der Waals surface area contributed by atoms with Gasteiger partial charge in [-0.25, -0.2) is 9.59 Å². The largest absolute Gasteiger partial charge is 0.497 e. The fraction of sp³-hybridized carbons (Fsp3) is 0.344. The minimum atomic E-state index is -0.505. The number of carbonyl (C=O) groups excluding carboxylic acids is 3. The summed E-state index contributed by atoms with van der Waals surface area (Å²) in [6, 6.07) is 15.5. The first kappa shape index (κ1) is 31.3. The highest BCUT2D eigenvalue weighted by molar-refractivity contribution is 6.02. The first-order chi connectivity index (χ1) is 21.6. The zero-order valence-electron chi connectivity index (χ0n) is 25.5. The number of nitrogens with zero attached hydrogens (tertiary/aromatic N) is 2. The van der Waals surface area contributed by atoms with Crippen molar-refractivity contribution in [3.63, 3.8) is 0 Å². The molecule has 5 amide bonds. The number of urea groups is 2. The van der Waals surface area contributed by atoms with Crippen molar-refractivity contribution in [1.29, 1.82) is 0 Å². The monoisotopic (exact) mass is 619 g/mol. The number of anilines is 3. The molecular weight excluding hydrogens is 582 g/mol. The van der Waals surface area contributed by atoms with E-state index in [2.05, 4.69) is 16.0 Å². The van der Waals surface area contributed by atoms with Crippen molar-refractivity contribution in [1.82, 2.24) is 9.80 Å². The summed E-state index contributed by atoms with van der Waals surface area (Å²) in [6.45, 7) is 4.07. The number of likely N-dealkylation sites (N-methyl/N-ethyl adjacent to an activating group) is 1. The van der Waals surface area contributed by atoms with Gasteiger partial charge in [-0.1, -0.05) is 6.92 Å². The molecule has 5 rings (SSSR count). The van der Waals surface area contributed by atoms with Crippen molar-refractivity contribution >= 4 is 35.0 Å². The second kappa shape index (κ2) is 13.6. The van der Waals surface area contributed by atoms with Crippen molar-refractivity contribution in [2.45, 2.75) is 26.0 Å². The average molecular weight is 620 g/mol. The molecule has 3 aromatic carbocycles. The molecule has 45 heavy (non-hydrogen) atoms. The molecule has 0 saturated heterocycles. The predicted molar refractivity (Wildman–Crippen MR) is 167 cm³/mol. The first-order valence-corrected chi connectivity index (χ1v) is 14.5. The molecule has 0 bridgehead atoms. The number of hydrogen-bond acceptors (Lipinski definition) is 8. The van der Waals surface area contributed by atoms with Crippen molar-refractivity contribution in [3.8, 4) is 23.0 Å². The van der Waals surface area contributed by atoms with Gasteiger partial charge in [0.15, 0.2) is 11.5 Å². The molecule has 2 aliphatic heterocycles. The Morgan fingerprint density at radius 3 is 2.33 bits per heavy atom. The number of carbonyl (C=O) groups is 3. The van der Waals surface area contributed by atoms with Gasteiger partial charge in [0.05, 0.1) is 31.9 Å². The Labute approximate surface area is 261 Å². The molecule has 0 aliphatic carbocycles. The smallest absolute Gasteiger partial charge is 0.323 e. The lowest BCUT2D eigenvalue weighted by atomic mass is 9.99. The fourth-order valence-corrected chi connectivity index (χ4v) is 5.03. The average Bonchev–Trinajstić information content (AvgIpc) is 3.51. The van der Waals surface area contributed by atoms with Crippen LogP contribution >= 0.6 is 0 Å². The molecule has 0 unspecified atom stereocenters. The van der Waals surface area contributed by atoms with Crippen LogP contribution in [0.2, 0.25) is 0 Å². The molecule has 0 aromatic heterocycles. The Hall–Kier alpha value is -5.17. The Kier molecular flexibility index (Phi) is 9.48. The quantitative estimate of drug-likeness (QED) is 0.289. The highest BCUT2D eigenvalue weighted by Crippen LogP contribution is 2.34. The first-order valence-electron chi connectivity index (χ1n) is 14.5. The van der Waals surface area contributed by atoms with Gasteiger partial charge in [-0.05, 0) is 61.5 Å². The molecular formula is C32H37N5O8. The lowest BCUT2D eigenvalue weighted by Crippen LogP contribution is -2.50. The van der Waals surface area contributed by atoms with Gasteiger partial charge in [-0.3, -0.25) is 4.79 Å². The highest BCUT2D eigenvalue weighted by atomic mass is 16.7. The molecule has 2 aliphatic rings. The Bertz CT molecular complexity index is 1550. The zero-order valence-corrected chi connectivity index (χ0v) is 25.5. The SMILES string of the molecule is COc1ccc(NC(=O)Nc2ccc3c(c2)C(=O)N([C@@H](C)CO)C[C@@H](C)[C@H](CN(C)C(=O)Nc2ccc4c(c2)OCO4)O3)cc1. The van der Waals surface area contributed by atoms with Crippen LogP contribution in [0.4, 0.5) is 26.7 Å². The van der Waals surface area contributed by atoms with Gasteiger partial charge >= 0.3 is 12.1 Å². The minimum Gasteiger partial charge on any atom is -0.497 e. The predicted octanol–water partition coefficient (Wildman–Crippen LogP) is 4.45. The maximum Gasteiger partial charge on any atom is 0.323 e. The standard InChI is InChI=1S/C32H37N5O8/c1-19-15-37(20(2)17-38)30(39)25-13-22(34-31(40)33-21-5-9-24(42-4)10-6-21)7-11-26(25)45-29(19)16-36(3)32(41)35-23-8-12-27-28(14-23)44-18-43-27/h5-14,19-20,29,38H,15-18H2,1-4H3,(H,35,41)(H2,33,34,40)/t19-,20+,29+/m1/s1.